The van der Waals surface area contributed by atoms with Gasteiger partial charge in [-0.1, -0.05) is 11.6 Å². The molecule has 0 unspecified atom stereocenters. The number of nitrogens with one attached hydrogen (secondary N) is 1. The third-order valence-electron chi connectivity index (χ3n) is 2.63. The lowest BCUT2D eigenvalue weighted by Gasteiger charge is -2.05. The molecule has 0 saturated carbocycles. The Labute approximate surface area is 106 Å². The van der Waals surface area contributed by atoms with Crippen LogP contribution in [-0.4, -0.2) is 14.8 Å². The molecule has 2 rings (SSSR count). The molecule has 0 aliphatic rings. The largest absolute Gasteiger partial charge is 0.307 e. The molecule has 0 aromatic carbocycles. The smallest absolute Gasteiger partial charge is 0.0860 e. The molecule has 0 spiro atoms. The minimum atomic E-state index is 0.707. The van der Waals surface area contributed by atoms with Crippen LogP contribution < -0.4 is 5.32 Å². The fraction of sp³-hybridized carbons (Fsp3) is 0.333. The number of rotatable bonds is 4. The van der Waals surface area contributed by atoms with E-state index in [9.17, 15) is 0 Å². The second-order valence-corrected chi connectivity index (χ2v) is 4.31. The second-order valence-electron chi connectivity index (χ2n) is 3.93. The van der Waals surface area contributed by atoms with Crippen molar-refractivity contribution < 1.29 is 0 Å². The first kappa shape index (κ1) is 12.1. The van der Waals surface area contributed by atoms with Gasteiger partial charge >= 0.3 is 0 Å². The summed E-state index contributed by atoms with van der Waals surface area (Å²) in [6.07, 6.45) is 3.58. The summed E-state index contributed by atoms with van der Waals surface area (Å²) in [5.41, 5.74) is 3.09. The molecule has 0 saturated heterocycles. The van der Waals surface area contributed by atoms with Crippen molar-refractivity contribution in [1.82, 2.24) is 20.1 Å². The zero-order chi connectivity index (χ0) is 12.3. The molecule has 0 bridgehead atoms. The van der Waals surface area contributed by atoms with Crippen LogP contribution in [0.5, 0.6) is 0 Å². The molecule has 0 fully saturated rings. The number of pyridine rings is 1. The average Bonchev–Trinajstić information content (AvgIpc) is 2.57. The van der Waals surface area contributed by atoms with Crippen molar-refractivity contribution in [1.29, 1.82) is 0 Å². The van der Waals surface area contributed by atoms with Gasteiger partial charge in [-0.15, -0.1) is 0 Å². The number of halogens is 1. The van der Waals surface area contributed by atoms with Crippen LogP contribution in [0.25, 0.3) is 0 Å². The SMILES string of the molecule is Cc1nn(C)c(CNCc2ccncc2)c1Cl. The third-order valence-corrected chi connectivity index (χ3v) is 3.12. The maximum Gasteiger partial charge on any atom is 0.0860 e. The molecule has 5 heteroatoms. The summed E-state index contributed by atoms with van der Waals surface area (Å²) in [6.45, 7) is 3.41. The van der Waals surface area contributed by atoms with Gasteiger partial charge in [0.2, 0.25) is 0 Å². The molecule has 17 heavy (non-hydrogen) atoms. The van der Waals surface area contributed by atoms with Crippen molar-refractivity contribution in [2.75, 3.05) is 0 Å². The van der Waals surface area contributed by atoms with E-state index in [1.807, 2.05) is 30.8 Å². The number of nitrogens with zero attached hydrogens (tertiary/aromatic N) is 3. The van der Waals surface area contributed by atoms with Gasteiger partial charge in [-0.25, -0.2) is 0 Å². The predicted molar refractivity (Wildman–Crippen MR) is 67.7 cm³/mol. The highest BCUT2D eigenvalue weighted by Crippen LogP contribution is 2.18. The number of aryl methyl sites for hydroxylation is 2. The highest BCUT2D eigenvalue weighted by Gasteiger charge is 2.09. The van der Waals surface area contributed by atoms with E-state index in [4.69, 9.17) is 11.6 Å². The molecular formula is C12H15ClN4. The Hall–Kier alpha value is -1.39. The Bertz CT molecular complexity index is 493. The van der Waals surface area contributed by atoms with Crippen molar-refractivity contribution in [3.05, 3.63) is 46.5 Å². The molecule has 2 heterocycles. The molecule has 1 N–H and O–H groups in total. The number of hydrogen-bond donors (Lipinski definition) is 1. The Kier molecular flexibility index (Phi) is 3.76. The Morgan fingerprint density at radius 3 is 2.59 bits per heavy atom. The molecule has 4 nitrogen and oxygen atoms in total. The van der Waals surface area contributed by atoms with Gasteiger partial charge in [0.15, 0.2) is 0 Å². The third kappa shape index (κ3) is 2.84. The van der Waals surface area contributed by atoms with Crippen LogP contribution in [0.1, 0.15) is 17.0 Å². The molecule has 0 radical (unpaired) electrons. The van der Waals surface area contributed by atoms with E-state index in [0.717, 1.165) is 23.0 Å². The van der Waals surface area contributed by atoms with Gasteiger partial charge in [0.1, 0.15) is 0 Å². The molecule has 0 aliphatic carbocycles. The molecule has 0 atom stereocenters. The fourth-order valence-corrected chi connectivity index (χ4v) is 1.92. The summed E-state index contributed by atoms with van der Waals surface area (Å²) in [6, 6.07) is 3.98. The normalized spacial score (nSPS) is 10.8. The molecule has 2 aromatic rings. The van der Waals surface area contributed by atoms with Gasteiger partial charge in [-0.05, 0) is 24.6 Å². The minimum absolute atomic E-state index is 0.707. The molecule has 90 valence electrons. The van der Waals surface area contributed by atoms with Crippen LogP contribution in [0.2, 0.25) is 5.02 Å². The van der Waals surface area contributed by atoms with E-state index in [0.29, 0.717) is 6.54 Å². The Morgan fingerprint density at radius 1 is 1.29 bits per heavy atom. The topological polar surface area (TPSA) is 42.7 Å². The van der Waals surface area contributed by atoms with Crippen molar-refractivity contribution in [2.45, 2.75) is 20.0 Å². The first-order chi connectivity index (χ1) is 8.18. The summed E-state index contributed by atoms with van der Waals surface area (Å²) in [7, 11) is 1.91. The number of aromatic nitrogens is 3. The summed E-state index contributed by atoms with van der Waals surface area (Å²) in [4.78, 5) is 3.98. The van der Waals surface area contributed by atoms with Crippen molar-refractivity contribution in [2.24, 2.45) is 7.05 Å². The lowest BCUT2D eigenvalue weighted by Crippen LogP contribution is -2.15. The quantitative estimate of drug-likeness (QED) is 0.903. The van der Waals surface area contributed by atoms with E-state index in [-0.39, 0.29) is 0 Å². The summed E-state index contributed by atoms with van der Waals surface area (Å²) >= 11 is 6.16. The van der Waals surface area contributed by atoms with Crippen LogP contribution >= 0.6 is 11.6 Å². The van der Waals surface area contributed by atoms with E-state index in [1.54, 1.807) is 12.4 Å². The van der Waals surface area contributed by atoms with Gasteiger partial charge in [0, 0.05) is 32.5 Å². The van der Waals surface area contributed by atoms with Gasteiger partial charge in [0.05, 0.1) is 16.4 Å². The van der Waals surface area contributed by atoms with Gasteiger partial charge in [-0.3, -0.25) is 9.67 Å². The molecular weight excluding hydrogens is 236 g/mol. The van der Waals surface area contributed by atoms with Crippen LogP contribution in [0.3, 0.4) is 0 Å². The lowest BCUT2D eigenvalue weighted by atomic mass is 10.2. The Morgan fingerprint density at radius 2 is 2.00 bits per heavy atom. The maximum atomic E-state index is 6.16. The van der Waals surface area contributed by atoms with Gasteiger partial charge in [0.25, 0.3) is 0 Å². The highest BCUT2D eigenvalue weighted by molar-refractivity contribution is 6.31. The van der Waals surface area contributed by atoms with E-state index >= 15 is 0 Å². The summed E-state index contributed by atoms with van der Waals surface area (Å²) in [5, 5.41) is 8.36. The molecule has 0 amide bonds. The predicted octanol–water partition coefficient (Wildman–Crippen LogP) is 2.07. The van der Waals surface area contributed by atoms with Gasteiger partial charge in [-0.2, -0.15) is 5.10 Å². The first-order valence-corrected chi connectivity index (χ1v) is 5.84. The van der Waals surface area contributed by atoms with Crippen molar-refractivity contribution in [3.63, 3.8) is 0 Å². The van der Waals surface area contributed by atoms with Crippen LogP contribution in [0.15, 0.2) is 24.5 Å². The van der Waals surface area contributed by atoms with Crippen LogP contribution in [0, 0.1) is 6.92 Å². The van der Waals surface area contributed by atoms with Crippen LogP contribution in [-0.2, 0) is 20.1 Å². The number of hydrogen-bond acceptors (Lipinski definition) is 3. The van der Waals surface area contributed by atoms with E-state index in [1.165, 1.54) is 5.56 Å². The second kappa shape index (κ2) is 5.29. The van der Waals surface area contributed by atoms with Crippen molar-refractivity contribution in [3.8, 4) is 0 Å². The zero-order valence-corrected chi connectivity index (χ0v) is 10.7. The lowest BCUT2D eigenvalue weighted by molar-refractivity contribution is 0.624. The average molecular weight is 251 g/mol. The van der Waals surface area contributed by atoms with Gasteiger partial charge < -0.3 is 5.32 Å². The minimum Gasteiger partial charge on any atom is -0.307 e. The van der Waals surface area contributed by atoms with E-state index < -0.39 is 0 Å². The first-order valence-electron chi connectivity index (χ1n) is 5.46. The molecule has 2 aromatic heterocycles. The maximum absolute atomic E-state index is 6.16. The molecule has 0 aliphatic heterocycles. The summed E-state index contributed by atoms with van der Waals surface area (Å²) in [5.74, 6) is 0. The highest BCUT2D eigenvalue weighted by atomic mass is 35.5. The van der Waals surface area contributed by atoms with Crippen molar-refractivity contribution >= 4 is 11.6 Å². The fourth-order valence-electron chi connectivity index (χ4n) is 1.70. The standard InChI is InChI=1S/C12H15ClN4/c1-9-12(13)11(17(2)16-9)8-15-7-10-3-5-14-6-4-10/h3-6,15H,7-8H2,1-2H3. The zero-order valence-electron chi connectivity index (χ0n) is 9.94. The summed E-state index contributed by atoms with van der Waals surface area (Å²) < 4.78 is 1.82. The Balaban J connectivity index is 1.95. The van der Waals surface area contributed by atoms with Crippen LogP contribution in [0.4, 0.5) is 0 Å². The monoisotopic (exact) mass is 250 g/mol. The van der Waals surface area contributed by atoms with E-state index in [2.05, 4.69) is 15.4 Å².